The number of nitrogens with one attached hydrogen (secondary N) is 1. The van der Waals surface area contributed by atoms with Crippen molar-refractivity contribution >= 4 is 13.3 Å². The SMILES string of the molecule is O=C([O-])CCC[NH2+]CCP(=O)(O)C[NH+]1CCOCC1. The molecule has 8 heteroatoms. The monoisotopic (exact) mass is 295 g/mol. The van der Waals surface area contributed by atoms with Gasteiger partial charge in [-0.25, -0.2) is 0 Å². The molecule has 1 heterocycles. The summed E-state index contributed by atoms with van der Waals surface area (Å²) in [6.45, 7) is 4.11. The highest BCUT2D eigenvalue weighted by Gasteiger charge is 2.27. The van der Waals surface area contributed by atoms with Gasteiger partial charge in [0.05, 0.1) is 32.5 Å². The van der Waals surface area contributed by atoms with Crippen LogP contribution >= 0.6 is 7.37 Å². The van der Waals surface area contributed by atoms with Crippen molar-refractivity contribution in [2.75, 3.05) is 51.8 Å². The molecule has 0 radical (unpaired) electrons. The van der Waals surface area contributed by atoms with Gasteiger partial charge in [0.1, 0.15) is 13.1 Å². The molecule has 1 fully saturated rings. The number of carboxylic acid groups (broad SMARTS) is 1. The van der Waals surface area contributed by atoms with Gasteiger partial charge in [0.2, 0.25) is 0 Å². The van der Waals surface area contributed by atoms with E-state index in [0.717, 1.165) is 18.0 Å². The van der Waals surface area contributed by atoms with E-state index in [1.165, 1.54) is 0 Å². The van der Waals surface area contributed by atoms with Crippen LogP contribution in [-0.2, 0) is 14.1 Å². The van der Waals surface area contributed by atoms with Crippen molar-refractivity contribution in [3.8, 4) is 0 Å². The van der Waals surface area contributed by atoms with Gasteiger partial charge in [0, 0.05) is 12.4 Å². The van der Waals surface area contributed by atoms with Gasteiger partial charge >= 0.3 is 0 Å². The van der Waals surface area contributed by atoms with Crippen LogP contribution in [0.4, 0.5) is 0 Å². The first-order valence-corrected chi connectivity index (χ1v) is 8.76. The molecule has 1 unspecified atom stereocenters. The molecule has 1 atom stereocenters. The fourth-order valence-electron chi connectivity index (χ4n) is 2.07. The molecule has 0 aromatic carbocycles. The second kappa shape index (κ2) is 8.66. The number of carbonyl (C=O) groups excluding carboxylic acids is 1. The Hall–Kier alpha value is -0.460. The molecule has 4 N–H and O–H groups in total. The lowest BCUT2D eigenvalue weighted by Crippen LogP contribution is -3.14. The smallest absolute Gasteiger partial charge is 0.258 e. The number of quaternary nitrogens is 2. The zero-order valence-electron chi connectivity index (χ0n) is 11.2. The van der Waals surface area contributed by atoms with Gasteiger partial charge in [-0.3, -0.25) is 4.57 Å². The van der Waals surface area contributed by atoms with Crippen LogP contribution in [0.25, 0.3) is 0 Å². The van der Waals surface area contributed by atoms with Crippen molar-refractivity contribution < 1.29 is 34.3 Å². The summed E-state index contributed by atoms with van der Waals surface area (Å²) >= 11 is 0. The maximum Gasteiger partial charge on any atom is 0.258 e. The Labute approximate surface area is 113 Å². The van der Waals surface area contributed by atoms with Crippen molar-refractivity contribution in [2.45, 2.75) is 12.8 Å². The van der Waals surface area contributed by atoms with Gasteiger partial charge in [0.15, 0.2) is 6.29 Å². The average molecular weight is 295 g/mol. The molecule has 0 aliphatic carbocycles. The first-order valence-electron chi connectivity index (χ1n) is 6.73. The molecule has 1 aliphatic heterocycles. The lowest BCUT2D eigenvalue weighted by Gasteiger charge is -2.25. The number of ether oxygens (including phenoxy) is 1. The Balaban J connectivity index is 2.08. The number of nitrogens with two attached hydrogens (primary N) is 1. The first-order chi connectivity index (χ1) is 8.99. The lowest BCUT2D eigenvalue weighted by molar-refractivity contribution is -0.897. The second-order valence-electron chi connectivity index (χ2n) is 4.93. The molecule has 112 valence electrons. The standard InChI is InChI=1S/C11H23N2O5P/c14-11(15)2-1-3-12-4-9-19(16,17)10-13-5-7-18-8-6-13/h12H,1-10H2,(H,14,15)(H,16,17)/p+1. The Kier molecular flexibility index (Phi) is 7.56. The van der Waals surface area contributed by atoms with Gasteiger partial charge < -0.3 is 29.7 Å². The quantitative estimate of drug-likeness (QED) is 0.299. The molecule has 0 spiro atoms. The predicted octanol–water partition coefficient (Wildman–Crippen LogP) is -3.78. The zero-order chi connectivity index (χ0) is 14.1. The topological polar surface area (TPSA) is 108 Å². The highest BCUT2D eigenvalue weighted by atomic mass is 31.2. The highest BCUT2D eigenvalue weighted by Crippen LogP contribution is 2.36. The number of carbonyl (C=O) groups is 1. The minimum atomic E-state index is -3.08. The molecule has 0 amide bonds. The van der Waals surface area contributed by atoms with E-state index in [-0.39, 0.29) is 12.6 Å². The summed E-state index contributed by atoms with van der Waals surface area (Å²) in [5.74, 6) is -1.04. The summed E-state index contributed by atoms with van der Waals surface area (Å²) in [5.41, 5.74) is 0. The van der Waals surface area contributed by atoms with Crippen LogP contribution in [0, 0.1) is 0 Å². The fraction of sp³-hybridized carbons (Fsp3) is 0.909. The summed E-state index contributed by atoms with van der Waals surface area (Å²) in [6, 6.07) is 0. The van der Waals surface area contributed by atoms with Crippen LogP contribution in [0.2, 0.25) is 0 Å². The minimum Gasteiger partial charge on any atom is -0.550 e. The summed E-state index contributed by atoms with van der Waals surface area (Å²) in [7, 11) is -3.08. The van der Waals surface area contributed by atoms with E-state index in [1.807, 2.05) is 5.32 Å². The zero-order valence-corrected chi connectivity index (χ0v) is 12.1. The molecule has 0 aromatic rings. The van der Waals surface area contributed by atoms with Crippen molar-refractivity contribution in [1.82, 2.24) is 0 Å². The third kappa shape index (κ3) is 8.34. The molecule has 0 saturated carbocycles. The van der Waals surface area contributed by atoms with Gasteiger partial charge in [-0.1, -0.05) is 0 Å². The molecule has 1 saturated heterocycles. The maximum absolute atomic E-state index is 12.0. The Bertz CT molecular complexity index is 320. The average Bonchev–Trinajstić information content (AvgIpc) is 2.34. The summed E-state index contributed by atoms with van der Waals surface area (Å²) in [4.78, 5) is 21.2. The largest absolute Gasteiger partial charge is 0.550 e. The van der Waals surface area contributed by atoms with Crippen LogP contribution in [0.15, 0.2) is 0 Å². The van der Waals surface area contributed by atoms with Crippen LogP contribution in [0.3, 0.4) is 0 Å². The number of rotatable bonds is 9. The van der Waals surface area contributed by atoms with E-state index in [1.54, 1.807) is 0 Å². The normalized spacial score (nSPS) is 20.1. The Morgan fingerprint density at radius 3 is 2.68 bits per heavy atom. The molecule has 19 heavy (non-hydrogen) atoms. The van der Waals surface area contributed by atoms with E-state index < -0.39 is 13.3 Å². The maximum atomic E-state index is 12.0. The lowest BCUT2D eigenvalue weighted by atomic mass is 10.3. The van der Waals surface area contributed by atoms with Gasteiger partial charge in [0.25, 0.3) is 7.37 Å². The third-order valence-electron chi connectivity index (χ3n) is 3.14. The number of hydrogen-bond acceptors (Lipinski definition) is 4. The number of morpholine rings is 1. The molecule has 1 aliphatic rings. The molecule has 7 nitrogen and oxygen atoms in total. The van der Waals surface area contributed by atoms with E-state index in [2.05, 4.69) is 0 Å². The van der Waals surface area contributed by atoms with E-state index >= 15 is 0 Å². The van der Waals surface area contributed by atoms with E-state index in [4.69, 9.17) is 4.74 Å². The summed E-state index contributed by atoms with van der Waals surface area (Å²) in [5, 5.41) is 12.1. The number of carboxylic acids is 1. The van der Waals surface area contributed by atoms with Crippen molar-refractivity contribution in [3.63, 3.8) is 0 Å². The highest BCUT2D eigenvalue weighted by molar-refractivity contribution is 7.57. The van der Waals surface area contributed by atoms with Crippen LogP contribution in [0.5, 0.6) is 0 Å². The fourth-order valence-corrected chi connectivity index (χ4v) is 3.83. The molecular weight excluding hydrogens is 271 g/mol. The van der Waals surface area contributed by atoms with Crippen LogP contribution < -0.4 is 15.3 Å². The third-order valence-corrected chi connectivity index (χ3v) is 5.04. The Morgan fingerprint density at radius 1 is 1.37 bits per heavy atom. The summed E-state index contributed by atoms with van der Waals surface area (Å²) in [6.07, 6.45) is 1.17. The Morgan fingerprint density at radius 2 is 2.05 bits per heavy atom. The number of hydrogen-bond donors (Lipinski definition) is 3. The second-order valence-corrected chi connectivity index (χ2v) is 7.39. The predicted molar refractivity (Wildman–Crippen MR) is 67.0 cm³/mol. The van der Waals surface area contributed by atoms with Crippen molar-refractivity contribution in [2.24, 2.45) is 0 Å². The van der Waals surface area contributed by atoms with Gasteiger partial charge in [-0.15, -0.1) is 0 Å². The van der Waals surface area contributed by atoms with Crippen LogP contribution in [-0.4, -0.2) is 62.7 Å². The molecule has 0 bridgehead atoms. The number of aliphatic carboxylic acids is 1. The van der Waals surface area contributed by atoms with E-state index in [9.17, 15) is 19.4 Å². The summed E-state index contributed by atoms with van der Waals surface area (Å²) < 4.78 is 17.2. The molecule has 0 aromatic heterocycles. The molecular formula is C11H24N2O5P+. The van der Waals surface area contributed by atoms with Crippen molar-refractivity contribution in [1.29, 1.82) is 0 Å². The van der Waals surface area contributed by atoms with Crippen molar-refractivity contribution in [3.05, 3.63) is 0 Å². The van der Waals surface area contributed by atoms with Crippen LogP contribution in [0.1, 0.15) is 12.8 Å². The minimum absolute atomic E-state index is 0.0468. The molecule has 1 rings (SSSR count). The van der Waals surface area contributed by atoms with Gasteiger partial charge in [-0.2, -0.15) is 0 Å². The first kappa shape index (κ1) is 16.6. The van der Waals surface area contributed by atoms with Gasteiger partial charge in [-0.05, 0) is 6.42 Å². The van der Waals surface area contributed by atoms with E-state index in [0.29, 0.717) is 39.0 Å².